The molecule has 1 fully saturated rings. The molecule has 0 bridgehead atoms. The fourth-order valence-corrected chi connectivity index (χ4v) is 5.40. The molecule has 2 amide bonds. The normalized spacial score (nSPS) is 16.5. The molecule has 3 aromatic rings. The predicted molar refractivity (Wildman–Crippen MR) is 139 cm³/mol. The number of para-hydroxylation sites is 1. The second-order valence-electron chi connectivity index (χ2n) is 9.46. The van der Waals surface area contributed by atoms with Crippen molar-refractivity contribution in [3.63, 3.8) is 0 Å². The van der Waals surface area contributed by atoms with Crippen LogP contribution in [0.1, 0.15) is 65.7 Å². The minimum absolute atomic E-state index is 0.172. The Hall–Kier alpha value is -3.58. The highest BCUT2D eigenvalue weighted by atomic mass is 35.5. The molecule has 0 spiro atoms. The van der Waals surface area contributed by atoms with Crippen molar-refractivity contribution >= 4 is 51.9 Å². The molecule has 2 aromatic carbocycles. The van der Waals surface area contributed by atoms with Gasteiger partial charge in [0.25, 0.3) is 5.91 Å². The number of amides is 2. The zero-order chi connectivity index (χ0) is 25.9. The van der Waals surface area contributed by atoms with Crippen LogP contribution in [0, 0.1) is 11.7 Å². The summed E-state index contributed by atoms with van der Waals surface area (Å²) < 4.78 is 19.8. The summed E-state index contributed by atoms with van der Waals surface area (Å²) in [6.07, 6.45) is 7.29. The Labute approximate surface area is 218 Å². The Balaban J connectivity index is 1.40. The van der Waals surface area contributed by atoms with E-state index >= 15 is 0 Å². The topological polar surface area (TPSA) is 85.4 Å². The van der Waals surface area contributed by atoms with E-state index in [0.29, 0.717) is 40.6 Å². The number of pyridine rings is 1. The number of nitrogens with zero attached hydrogens (tertiary/aromatic N) is 1. The molecule has 8 heteroatoms. The number of aromatic nitrogens is 1. The summed E-state index contributed by atoms with van der Waals surface area (Å²) in [7, 11) is 0. The summed E-state index contributed by atoms with van der Waals surface area (Å²) in [5.41, 5.74) is 3.21. The molecule has 0 saturated heterocycles. The van der Waals surface area contributed by atoms with Gasteiger partial charge in [0.1, 0.15) is 5.82 Å². The van der Waals surface area contributed by atoms with Crippen LogP contribution in [0.15, 0.2) is 42.5 Å². The molecule has 2 aliphatic rings. The van der Waals surface area contributed by atoms with Crippen LogP contribution in [0.3, 0.4) is 0 Å². The van der Waals surface area contributed by atoms with Crippen molar-refractivity contribution in [1.82, 2.24) is 10.3 Å². The standard InChI is InChI=1S/C29H26ClFN2O4/c30-22-10-6-11-23(31)21(22)15-18-13-14-20-26(19-9-4-5-12-24(19)32-27(18)20)29(36)37-16-25(34)33-28(35)17-7-2-1-3-8-17/h4-6,9-12,15,17H,1-3,7-8,13-14,16H2,(H,33,34,35)/b18-15-. The molecule has 1 heterocycles. The number of nitrogens with one attached hydrogen (secondary N) is 1. The molecule has 190 valence electrons. The van der Waals surface area contributed by atoms with E-state index in [1.165, 1.54) is 6.07 Å². The maximum absolute atomic E-state index is 14.4. The number of benzene rings is 2. The van der Waals surface area contributed by atoms with E-state index in [4.69, 9.17) is 21.3 Å². The van der Waals surface area contributed by atoms with Gasteiger partial charge in [0.05, 0.1) is 21.8 Å². The molecule has 1 aromatic heterocycles. The first kappa shape index (κ1) is 25.1. The van der Waals surface area contributed by atoms with Crippen molar-refractivity contribution in [3.05, 3.63) is 75.7 Å². The van der Waals surface area contributed by atoms with Crippen LogP contribution in [-0.4, -0.2) is 29.4 Å². The van der Waals surface area contributed by atoms with E-state index in [-0.39, 0.29) is 22.4 Å². The van der Waals surface area contributed by atoms with Gasteiger partial charge in [-0.15, -0.1) is 0 Å². The summed E-state index contributed by atoms with van der Waals surface area (Å²) in [6.45, 7) is -0.559. The summed E-state index contributed by atoms with van der Waals surface area (Å²) in [5, 5.41) is 3.26. The molecular weight excluding hydrogens is 495 g/mol. The van der Waals surface area contributed by atoms with E-state index in [0.717, 1.165) is 37.7 Å². The van der Waals surface area contributed by atoms with Gasteiger partial charge in [-0.1, -0.05) is 55.1 Å². The van der Waals surface area contributed by atoms with Crippen LogP contribution in [0.5, 0.6) is 0 Å². The average molecular weight is 521 g/mol. The van der Waals surface area contributed by atoms with Gasteiger partial charge in [0, 0.05) is 16.9 Å². The van der Waals surface area contributed by atoms with Gasteiger partial charge in [-0.2, -0.15) is 0 Å². The Morgan fingerprint density at radius 3 is 2.62 bits per heavy atom. The van der Waals surface area contributed by atoms with E-state index in [2.05, 4.69) is 5.32 Å². The van der Waals surface area contributed by atoms with Gasteiger partial charge in [-0.05, 0) is 61.1 Å². The fourth-order valence-electron chi connectivity index (χ4n) is 5.18. The van der Waals surface area contributed by atoms with E-state index in [1.54, 1.807) is 36.4 Å². The van der Waals surface area contributed by atoms with Crippen LogP contribution in [0.25, 0.3) is 22.6 Å². The molecule has 37 heavy (non-hydrogen) atoms. The van der Waals surface area contributed by atoms with Crippen LogP contribution in [0.4, 0.5) is 4.39 Å². The first-order chi connectivity index (χ1) is 17.9. The minimum Gasteiger partial charge on any atom is -0.452 e. The lowest BCUT2D eigenvalue weighted by Gasteiger charge is -2.20. The first-order valence-electron chi connectivity index (χ1n) is 12.5. The first-order valence-corrected chi connectivity index (χ1v) is 12.9. The monoisotopic (exact) mass is 520 g/mol. The maximum atomic E-state index is 14.4. The molecule has 0 atom stereocenters. The van der Waals surface area contributed by atoms with Crippen LogP contribution >= 0.6 is 11.6 Å². The zero-order valence-corrected chi connectivity index (χ0v) is 20.9. The lowest BCUT2D eigenvalue weighted by Crippen LogP contribution is -2.39. The number of carbonyl (C=O) groups is 3. The molecule has 1 N–H and O–H groups in total. The van der Waals surface area contributed by atoms with Crippen molar-refractivity contribution in [2.24, 2.45) is 5.92 Å². The Morgan fingerprint density at radius 1 is 1.05 bits per heavy atom. The summed E-state index contributed by atoms with van der Waals surface area (Å²) in [6, 6.07) is 11.7. The number of ether oxygens (including phenoxy) is 1. The lowest BCUT2D eigenvalue weighted by molar-refractivity contribution is -0.135. The largest absolute Gasteiger partial charge is 0.452 e. The predicted octanol–water partition coefficient (Wildman–Crippen LogP) is 5.89. The Kier molecular flexibility index (Phi) is 7.33. The molecule has 2 aliphatic carbocycles. The van der Waals surface area contributed by atoms with Gasteiger partial charge in [0.15, 0.2) is 6.61 Å². The van der Waals surface area contributed by atoms with Crippen LogP contribution in [0.2, 0.25) is 5.02 Å². The number of carbonyl (C=O) groups excluding carboxylic acids is 3. The quantitative estimate of drug-likeness (QED) is 0.424. The fraction of sp³-hybridized carbons (Fsp3) is 0.310. The van der Waals surface area contributed by atoms with E-state index in [1.807, 2.05) is 6.07 Å². The SMILES string of the molecule is O=C(COC(=O)c1c2c(nc3ccccc13)/C(=C\c1c(F)cccc1Cl)CC2)NC(=O)C1CCCCC1. The summed E-state index contributed by atoms with van der Waals surface area (Å²) in [4.78, 5) is 42.8. The minimum atomic E-state index is -0.666. The number of imide groups is 1. The number of rotatable bonds is 5. The van der Waals surface area contributed by atoms with Crippen molar-refractivity contribution in [1.29, 1.82) is 0 Å². The number of esters is 1. The Morgan fingerprint density at radius 2 is 1.84 bits per heavy atom. The number of fused-ring (bicyclic) bond motifs is 2. The van der Waals surface area contributed by atoms with E-state index < -0.39 is 24.3 Å². The van der Waals surface area contributed by atoms with Crippen LogP contribution in [-0.2, 0) is 20.7 Å². The third-order valence-corrected chi connectivity index (χ3v) is 7.37. The maximum Gasteiger partial charge on any atom is 0.339 e. The van der Waals surface area contributed by atoms with Gasteiger partial charge < -0.3 is 4.74 Å². The van der Waals surface area contributed by atoms with Gasteiger partial charge in [-0.25, -0.2) is 14.2 Å². The second kappa shape index (κ2) is 10.8. The highest BCUT2D eigenvalue weighted by Gasteiger charge is 2.29. The van der Waals surface area contributed by atoms with E-state index in [9.17, 15) is 18.8 Å². The average Bonchev–Trinajstić information content (AvgIpc) is 3.30. The number of hydrogen-bond donors (Lipinski definition) is 1. The zero-order valence-electron chi connectivity index (χ0n) is 20.2. The number of allylic oxidation sites excluding steroid dienone is 1. The molecule has 0 unspecified atom stereocenters. The van der Waals surface area contributed by atoms with Crippen LogP contribution < -0.4 is 5.32 Å². The molecule has 0 radical (unpaired) electrons. The summed E-state index contributed by atoms with van der Waals surface area (Å²) >= 11 is 6.23. The number of hydrogen-bond acceptors (Lipinski definition) is 5. The molecule has 6 nitrogen and oxygen atoms in total. The van der Waals surface area contributed by atoms with Crippen molar-refractivity contribution in [3.8, 4) is 0 Å². The number of halogens is 2. The van der Waals surface area contributed by atoms with Crippen molar-refractivity contribution < 1.29 is 23.5 Å². The Bertz CT molecular complexity index is 1410. The lowest BCUT2D eigenvalue weighted by atomic mass is 9.89. The third kappa shape index (κ3) is 5.27. The van der Waals surface area contributed by atoms with Crippen molar-refractivity contribution in [2.45, 2.75) is 44.9 Å². The highest BCUT2D eigenvalue weighted by molar-refractivity contribution is 6.32. The van der Waals surface area contributed by atoms with Gasteiger partial charge >= 0.3 is 5.97 Å². The van der Waals surface area contributed by atoms with Gasteiger partial charge in [-0.3, -0.25) is 14.9 Å². The third-order valence-electron chi connectivity index (χ3n) is 7.04. The molecule has 1 saturated carbocycles. The molecule has 5 rings (SSSR count). The smallest absolute Gasteiger partial charge is 0.339 e. The molecule has 0 aliphatic heterocycles. The van der Waals surface area contributed by atoms with Gasteiger partial charge in [0.2, 0.25) is 5.91 Å². The highest BCUT2D eigenvalue weighted by Crippen LogP contribution is 2.38. The molecular formula is C29H26ClFN2O4. The second-order valence-corrected chi connectivity index (χ2v) is 9.87. The van der Waals surface area contributed by atoms with Crippen molar-refractivity contribution in [2.75, 3.05) is 6.61 Å². The summed E-state index contributed by atoms with van der Waals surface area (Å²) in [5.74, 6) is -2.23.